The molecular formula is C27H28ClN3O3. The Bertz CT molecular complexity index is 1270. The lowest BCUT2D eigenvalue weighted by Gasteiger charge is -2.10. The molecule has 3 aromatic carbocycles. The van der Waals surface area contributed by atoms with Gasteiger partial charge >= 0.3 is 0 Å². The van der Waals surface area contributed by atoms with Gasteiger partial charge in [-0.05, 0) is 48.7 Å². The summed E-state index contributed by atoms with van der Waals surface area (Å²) in [6.45, 7) is 1.21. The van der Waals surface area contributed by atoms with Crippen molar-refractivity contribution >= 4 is 28.4 Å². The van der Waals surface area contributed by atoms with Gasteiger partial charge in [-0.3, -0.25) is 9.48 Å². The number of ether oxygens (including phenoxy) is 2. The summed E-state index contributed by atoms with van der Waals surface area (Å²) < 4.78 is 12.6. The summed E-state index contributed by atoms with van der Waals surface area (Å²) in [4.78, 5) is 12.4. The predicted molar refractivity (Wildman–Crippen MR) is 136 cm³/mol. The molecule has 7 heteroatoms. The highest BCUT2D eigenvalue weighted by Gasteiger charge is 2.13. The molecule has 6 nitrogen and oxygen atoms in total. The van der Waals surface area contributed by atoms with Gasteiger partial charge in [-0.1, -0.05) is 48.0 Å². The van der Waals surface area contributed by atoms with Crippen LogP contribution in [-0.2, 0) is 17.8 Å². The normalized spacial score (nSPS) is 10.9. The number of nitrogens with one attached hydrogen (secondary N) is 1. The van der Waals surface area contributed by atoms with Crippen molar-refractivity contribution in [3.05, 3.63) is 77.3 Å². The van der Waals surface area contributed by atoms with E-state index in [1.807, 2.05) is 71.4 Å². The van der Waals surface area contributed by atoms with Crippen molar-refractivity contribution < 1.29 is 14.3 Å². The van der Waals surface area contributed by atoms with E-state index in [0.717, 1.165) is 34.1 Å². The molecule has 34 heavy (non-hydrogen) atoms. The minimum Gasteiger partial charge on any atom is -0.493 e. The first kappa shape index (κ1) is 23.6. The van der Waals surface area contributed by atoms with E-state index in [4.69, 9.17) is 26.2 Å². The highest BCUT2D eigenvalue weighted by atomic mass is 35.5. The van der Waals surface area contributed by atoms with Gasteiger partial charge in [-0.25, -0.2) is 0 Å². The number of hydrogen-bond donors (Lipinski definition) is 1. The molecule has 0 bridgehead atoms. The molecule has 1 amide bonds. The molecule has 4 aromatic rings. The standard InChI is InChI=1S/C27H28ClN3O3/c1-33-24-13-10-19(17-25(24)34-2)14-15-29-26(32)9-6-16-31-23-12-11-21(28)18-22(23)27(30-31)20-7-4-3-5-8-20/h3-5,7-8,10-13,17-18H,6,9,14-16H2,1-2H3,(H,29,32). The third-order valence-corrected chi connectivity index (χ3v) is 5.95. The molecule has 0 spiro atoms. The zero-order chi connectivity index (χ0) is 23.9. The molecule has 0 saturated heterocycles. The molecule has 0 saturated carbocycles. The number of carbonyl (C=O) groups excluding carboxylic acids is 1. The Balaban J connectivity index is 1.33. The average Bonchev–Trinajstić information content (AvgIpc) is 3.22. The Labute approximate surface area is 204 Å². The summed E-state index contributed by atoms with van der Waals surface area (Å²) in [5.74, 6) is 1.41. The molecule has 0 aliphatic heterocycles. The topological polar surface area (TPSA) is 65.4 Å². The molecule has 0 radical (unpaired) electrons. The van der Waals surface area contributed by atoms with Gasteiger partial charge in [-0.2, -0.15) is 5.10 Å². The van der Waals surface area contributed by atoms with E-state index in [1.54, 1.807) is 14.2 Å². The summed E-state index contributed by atoms with van der Waals surface area (Å²) in [7, 11) is 3.23. The van der Waals surface area contributed by atoms with Gasteiger partial charge in [0.05, 0.1) is 19.7 Å². The number of hydrogen-bond acceptors (Lipinski definition) is 4. The van der Waals surface area contributed by atoms with E-state index < -0.39 is 0 Å². The second-order valence-electron chi connectivity index (χ2n) is 7.99. The van der Waals surface area contributed by atoms with E-state index in [-0.39, 0.29) is 5.91 Å². The second-order valence-corrected chi connectivity index (χ2v) is 8.43. The van der Waals surface area contributed by atoms with Gasteiger partial charge in [0.25, 0.3) is 0 Å². The smallest absolute Gasteiger partial charge is 0.220 e. The van der Waals surface area contributed by atoms with Crippen LogP contribution >= 0.6 is 11.6 Å². The van der Waals surface area contributed by atoms with Gasteiger partial charge in [0.2, 0.25) is 5.91 Å². The molecule has 0 aliphatic carbocycles. The largest absolute Gasteiger partial charge is 0.493 e. The van der Waals surface area contributed by atoms with Crippen molar-refractivity contribution in [2.75, 3.05) is 20.8 Å². The summed E-state index contributed by atoms with van der Waals surface area (Å²) in [6.07, 6.45) is 1.84. The molecular weight excluding hydrogens is 450 g/mol. The van der Waals surface area contributed by atoms with Crippen molar-refractivity contribution in [1.29, 1.82) is 0 Å². The maximum atomic E-state index is 12.4. The van der Waals surface area contributed by atoms with Gasteiger partial charge < -0.3 is 14.8 Å². The maximum absolute atomic E-state index is 12.4. The zero-order valence-electron chi connectivity index (χ0n) is 19.4. The van der Waals surface area contributed by atoms with Crippen LogP contribution in [0.5, 0.6) is 11.5 Å². The van der Waals surface area contributed by atoms with Crippen LogP contribution in [-0.4, -0.2) is 36.5 Å². The number of methoxy groups -OCH3 is 2. The van der Waals surface area contributed by atoms with Crippen LogP contribution in [0.4, 0.5) is 0 Å². The Morgan fingerprint density at radius 2 is 1.79 bits per heavy atom. The highest BCUT2D eigenvalue weighted by molar-refractivity contribution is 6.31. The summed E-state index contributed by atoms with van der Waals surface area (Å²) in [6, 6.07) is 21.7. The van der Waals surface area contributed by atoms with E-state index in [0.29, 0.717) is 42.5 Å². The number of benzene rings is 3. The Hall–Kier alpha value is -3.51. The summed E-state index contributed by atoms with van der Waals surface area (Å²) in [5, 5.41) is 9.53. The van der Waals surface area contributed by atoms with Crippen LogP contribution in [0.1, 0.15) is 18.4 Å². The fourth-order valence-corrected chi connectivity index (χ4v) is 4.16. The number of aromatic nitrogens is 2. The number of carbonyl (C=O) groups is 1. The average molecular weight is 478 g/mol. The molecule has 0 unspecified atom stereocenters. The fraction of sp³-hybridized carbons (Fsp3) is 0.259. The van der Waals surface area contributed by atoms with E-state index >= 15 is 0 Å². The van der Waals surface area contributed by atoms with Crippen molar-refractivity contribution in [3.63, 3.8) is 0 Å². The number of halogens is 1. The monoisotopic (exact) mass is 477 g/mol. The number of aryl methyl sites for hydroxylation is 1. The number of fused-ring (bicyclic) bond motifs is 1. The first-order chi connectivity index (χ1) is 16.6. The first-order valence-electron chi connectivity index (χ1n) is 11.3. The van der Waals surface area contributed by atoms with Crippen LogP contribution in [0.3, 0.4) is 0 Å². The molecule has 4 rings (SSSR count). The van der Waals surface area contributed by atoms with E-state index in [2.05, 4.69) is 5.32 Å². The molecule has 0 aliphatic rings. The number of rotatable bonds is 10. The molecule has 1 heterocycles. The van der Waals surface area contributed by atoms with Crippen LogP contribution in [0.25, 0.3) is 22.2 Å². The fourth-order valence-electron chi connectivity index (χ4n) is 3.99. The van der Waals surface area contributed by atoms with E-state index in [1.165, 1.54) is 0 Å². The van der Waals surface area contributed by atoms with Crippen LogP contribution in [0.2, 0.25) is 5.02 Å². The van der Waals surface area contributed by atoms with Gasteiger partial charge in [0.15, 0.2) is 11.5 Å². The maximum Gasteiger partial charge on any atom is 0.220 e. The first-order valence-corrected chi connectivity index (χ1v) is 11.7. The Kier molecular flexibility index (Phi) is 7.70. The summed E-state index contributed by atoms with van der Waals surface area (Å²) in [5.41, 5.74) is 4.03. The SMILES string of the molecule is COc1ccc(CCNC(=O)CCCn2nc(-c3ccccc3)c3cc(Cl)ccc32)cc1OC. The number of nitrogens with zero attached hydrogens (tertiary/aromatic N) is 2. The molecule has 176 valence electrons. The third-order valence-electron chi connectivity index (χ3n) is 5.72. The van der Waals surface area contributed by atoms with E-state index in [9.17, 15) is 4.79 Å². The van der Waals surface area contributed by atoms with Gasteiger partial charge in [0, 0.05) is 35.5 Å². The minimum absolute atomic E-state index is 0.0308. The predicted octanol–water partition coefficient (Wildman–Crippen LogP) is 5.51. The third kappa shape index (κ3) is 5.51. The lowest BCUT2D eigenvalue weighted by atomic mass is 10.1. The van der Waals surface area contributed by atoms with Crippen molar-refractivity contribution in [1.82, 2.24) is 15.1 Å². The molecule has 0 fully saturated rings. The lowest BCUT2D eigenvalue weighted by molar-refractivity contribution is -0.121. The van der Waals surface area contributed by atoms with Crippen LogP contribution in [0.15, 0.2) is 66.7 Å². The van der Waals surface area contributed by atoms with Crippen molar-refractivity contribution in [2.24, 2.45) is 0 Å². The Morgan fingerprint density at radius 3 is 2.56 bits per heavy atom. The Morgan fingerprint density at radius 1 is 1.00 bits per heavy atom. The quantitative estimate of drug-likeness (QED) is 0.327. The molecule has 1 N–H and O–H groups in total. The zero-order valence-corrected chi connectivity index (χ0v) is 20.1. The van der Waals surface area contributed by atoms with Crippen LogP contribution in [0, 0.1) is 0 Å². The van der Waals surface area contributed by atoms with Crippen molar-refractivity contribution in [2.45, 2.75) is 25.8 Å². The van der Waals surface area contributed by atoms with Crippen LogP contribution < -0.4 is 14.8 Å². The van der Waals surface area contributed by atoms with Gasteiger partial charge in [0.1, 0.15) is 5.69 Å². The second kappa shape index (κ2) is 11.1. The summed E-state index contributed by atoms with van der Waals surface area (Å²) >= 11 is 6.25. The molecule has 0 atom stereocenters. The minimum atomic E-state index is 0.0308. The van der Waals surface area contributed by atoms with Crippen molar-refractivity contribution in [3.8, 4) is 22.8 Å². The lowest BCUT2D eigenvalue weighted by Crippen LogP contribution is -2.25. The molecule has 1 aromatic heterocycles. The highest BCUT2D eigenvalue weighted by Crippen LogP contribution is 2.30. The number of amides is 1. The van der Waals surface area contributed by atoms with Gasteiger partial charge in [-0.15, -0.1) is 0 Å².